The predicted molar refractivity (Wildman–Crippen MR) is 55.7 cm³/mol. The minimum Gasteiger partial charge on any atom is -0.354 e. The fourth-order valence-corrected chi connectivity index (χ4v) is 2.10. The first kappa shape index (κ1) is 9.97. The molecule has 2 aliphatic carbocycles. The Balaban J connectivity index is 1.74. The highest BCUT2D eigenvalue weighted by Crippen LogP contribution is 2.51. The van der Waals surface area contributed by atoms with E-state index >= 15 is 0 Å². The van der Waals surface area contributed by atoms with E-state index in [1.165, 1.54) is 6.42 Å². The molecule has 3 nitrogen and oxygen atoms in total. The molecule has 1 atom stereocenters. The van der Waals surface area contributed by atoms with E-state index in [4.69, 9.17) is 5.73 Å². The Morgan fingerprint density at radius 1 is 1.50 bits per heavy atom. The summed E-state index contributed by atoms with van der Waals surface area (Å²) in [5.74, 6) is 0.724. The number of amides is 1. The van der Waals surface area contributed by atoms with Gasteiger partial charge in [0.2, 0.25) is 5.91 Å². The van der Waals surface area contributed by atoms with Crippen molar-refractivity contribution < 1.29 is 4.79 Å². The van der Waals surface area contributed by atoms with Crippen LogP contribution in [0, 0.1) is 11.3 Å². The van der Waals surface area contributed by atoms with Crippen molar-refractivity contribution in [2.24, 2.45) is 17.1 Å². The lowest BCUT2D eigenvalue weighted by Crippen LogP contribution is -2.58. The topological polar surface area (TPSA) is 55.1 Å². The first-order valence-corrected chi connectivity index (χ1v) is 5.51. The van der Waals surface area contributed by atoms with Crippen molar-refractivity contribution in [1.29, 1.82) is 0 Å². The maximum absolute atomic E-state index is 11.7. The van der Waals surface area contributed by atoms with Crippen molar-refractivity contribution >= 4 is 5.91 Å². The van der Waals surface area contributed by atoms with Crippen LogP contribution in [0.15, 0.2) is 0 Å². The fraction of sp³-hybridized carbons (Fsp3) is 0.909. The maximum Gasteiger partial charge on any atom is 0.240 e. The molecule has 1 unspecified atom stereocenters. The van der Waals surface area contributed by atoms with E-state index in [0.29, 0.717) is 11.3 Å². The van der Waals surface area contributed by atoms with Crippen molar-refractivity contribution in [2.75, 3.05) is 6.54 Å². The summed E-state index contributed by atoms with van der Waals surface area (Å²) in [5, 5.41) is 2.98. The fourth-order valence-electron chi connectivity index (χ4n) is 2.10. The number of nitrogens with two attached hydrogens (primary N) is 1. The van der Waals surface area contributed by atoms with Crippen LogP contribution < -0.4 is 11.1 Å². The highest BCUT2D eigenvalue weighted by Gasteiger charge is 2.46. The largest absolute Gasteiger partial charge is 0.354 e. The van der Waals surface area contributed by atoms with Gasteiger partial charge in [-0.05, 0) is 37.0 Å². The maximum atomic E-state index is 11.7. The quantitative estimate of drug-likeness (QED) is 0.708. The van der Waals surface area contributed by atoms with Gasteiger partial charge in [-0.3, -0.25) is 4.79 Å². The first-order chi connectivity index (χ1) is 6.44. The van der Waals surface area contributed by atoms with Crippen molar-refractivity contribution in [3.05, 3.63) is 0 Å². The third kappa shape index (κ3) is 1.65. The standard InChI is InChI=1S/C11H20N2O/c1-10(2)6-8(10)7-13-9(14)11(12)4-3-5-11/h8H,3-7,12H2,1-2H3,(H,13,14). The zero-order chi connectivity index (χ0) is 10.4. The average molecular weight is 196 g/mol. The molecule has 2 aliphatic rings. The molecule has 0 aromatic carbocycles. The monoisotopic (exact) mass is 196 g/mol. The average Bonchev–Trinajstić information content (AvgIpc) is 2.65. The SMILES string of the molecule is CC1(C)CC1CNC(=O)C1(N)CCC1. The van der Waals surface area contributed by atoms with Crippen LogP contribution in [-0.2, 0) is 4.79 Å². The molecule has 2 saturated carbocycles. The summed E-state index contributed by atoms with van der Waals surface area (Å²) in [5.41, 5.74) is 5.82. The molecular weight excluding hydrogens is 176 g/mol. The molecule has 0 aromatic heterocycles. The zero-order valence-electron chi connectivity index (χ0n) is 9.10. The van der Waals surface area contributed by atoms with Gasteiger partial charge in [0.05, 0.1) is 5.54 Å². The first-order valence-electron chi connectivity index (χ1n) is 5.51. The van der Waals surface area contributed by atoms with Crippen LogP contribution in [-0.4, -0.2) is 18.0 Å². The van der Waals surface area contributed by atoms with E-state index in [1.807, 2.05) is 0 Å². The molecule has 0 aromatic rings. The molecule has 0 saturated heterocycles. The molecular formula is C11H20N2O. The van der Waals surface area contributed by atoms with Crippen LogP contribution >= 0.6 is 0 Å². The van der Waals surface area contributed by atoms with Gasteiger partial charge in [0.25, 0.3) is 0 Å². The molecule has 0 aliphatic heterocycles. The molecule has 2 fully saturated rings. The second-order valence-electron chi connectivity index (χ2n) is 5.61. The molecule has 14 heavy (non-hydrogen) atoms. The number of carbonyl (C=O) groups excluding carboxylic acids is 1. The van der Waals surface area contributed by atoms with Crippen LogP contribution in [0.4, 0.5) is 0 Å². The van der Waals surface area contributed by atoms with Gasteiger partial charge in [0, 0.05) is 6.54 Å². The number of nitrogens with one attached hydrogen (secondary N) is 1. The summed E-state index contributed by atoms with van der Waals surface area (Å²) in [6.07, 6.45) is 4.03. The Kier molecular flexibility index (Phi) is 2.11. The number of hydrogen-bond acceptors (Lipinski definition) is 2. The molecule has 0 bridgehead atoms. The lowest BCUT2D eigenvalue weighted by molar-refractivity contribution is -0.129. The van der Waals surface area contributed by atoms with Gasteiger partial charge in [0.15, 0.2) is 0 Å². The third-order valence-corrected chi connectivity index (χ3v) is 3.92. The molecule has 2 rings (SSSR count). The Hall–Kier alpha value is -0.570. The lowest BCUT2D eigenvalue weighted by Gasteiger charge is -2.36. The van der Waals surface area contributed by atoms with E-state index in [2.05, 4.69) is 19.2 Å². The lowest BCUT2D eigenvalue weighted by atomic mass is 9.77. The van der Waals surface area contributed by atoms with E-state index in [1.54, 1.807) is 0 Å². The van der Waals surface area contributed by atoms with Crippen molar-refractivity contribution in [3.8, 4) is 0 Å². The van der Waals surface area contributed by atoms with E-state index in [0.717, 1.165) is 25.8 Å². The second kappa shape index (κ2) is 2.96. The number of hydrogen-bond donors (Lipinski definition) is 2. The Morgan fingerprint density at radius 3 is 2.43 bits per heavy atom. The van der Waals surface area contributed by atoms with Crippen LogP contribution in [0.1, 0.15) is 39.5 Å². The van der Waals surface area contributed by atoms with E-state index in [9.17, 15) is 4.79 Å². The smallest absolute Gasteiger partial charge is 0.240 e. The highest BCUT2D eigenvalue weighted by molar-refractivity contribution is 5.87. The van der Waals surface area contributed by atoms with Gasteiger partial charge in [-0.2, -0.15) is 0 Å². The van der Waals surface area contributed by atoms with Gasteiger partial charge in [0.1, 0.15) is 0 Å². The number of carbonyl (C=O) groups is 1. The summed E-state index contributed by atoms with van der Waals surface area (Å²) in [7, 11) is 0. The second-order valence-corrected chi connectivity index (χ2v) is 5.61. The van der Waals surface area contributed by atoms with Crippen molar-refractivity contribution in [2.45, 2.75) is 45.1 Å². The summed E-state index contributed by atoms with van der Waals surface area (Å²) < 4.78 is 0. The molecule has 0 spiro atoms. The van der Waals surface area contributed by atoms with Crippen LogP contribution in [0.3, 0.4) is 0 Å². The van der Waals surface area contributed by atoms with Gasteiger partial charge in [-0.15, -0.1) is 0 Å². The summed E-state index contributed by atoms with van der Waals surface area (Å²) in [4.78, 5) is 11.7. The predicted octanol–water partition coefficient (Wildman–Crippen LogP) is 1.03. The third-order valence-electron chi connectivity index (χ3n) is 3.92. The van der Waals surface area contributed by atoms with Gasteiger partial charge in [-0.1, -0.05) is 13.8 Å². The van der Waals surface area contributed by atoms with Crippen LogP contribution in [0.25, 0.3) is 0 Å². The van der Waals surface area contributed by atoms with E-state index < -0.39 is 5.54 Å². The molecule has 80 valence electrons. The summed E-state index contributed by atoms with van der Waals surface area (Å²) >= 11 is 0. The van der Waals surface area contributed by atoms with Gasteiger partial charge >= 0.3 is 0 Å². The van der Waals surface area contributed by atoms with E-state index in [-0.39, 0.29) is 5.91 Å². The summed E-state index contributed by atoms with van der Waals surface area (Å²) in [6, 6.07) is 0. The van der Waals surface area contributed by atoms with Gasteiger partial charge < -0.3 is 11.1 Å². The molecule has 3 N–H and O–H groups in total. The number of rotatable bonds is 3. The minimum atomic E-state index is -0.529. The van der Waals surface area contributed by atoms with Crippen molar-refractivity contribution in [3.63, 3.8) is 0 Å². The van der Waals surface area contributed by atoms with Crippen LogP contribution in [0.2, 0.25) is 0 Å². The van der Waals surface area contributed by atoms with Crippen molar-refractivity contribution in [1.82, 2.24) is 5.32 Å². The van der Waals surface area contributed by atoms with Gasteiger partial charge in [-0.25, -0.2) is 0 Å². The summed E-state index contributed by atoms with van der Waals surface area (Å²) in [6.45, 7) is 5.29. The zero-order valence-corrected chi connectivity index (χ0v) is 9.10. The molecule has 0 radical (unpaired) electrons. The normalized spacial score (nSPS) is 31.8. The van der Waals surface area contributed by atoms with Crippen LogP contribution in [0.5, 0.6) is 0 Å². The Labute approximate surface area is 85.4 Å². The minimum absolute atomic E-state index is 0.0615. The molecule has 3 heteroatoms. The molecule has 0 heterocycles. The highest BCUT2D eigenvalue weighted by atomic mass is 16.2. The Morgan fingerprint density at radius 2 is 2.07 bits per heavy atom. The molecule has 1 amide bonds. The Bertz CT molecular complexity index is 256.